The highest BCUT2D eigenvalue weighted by Gasteiger charge is 2.19. The summed E-state index contributed by atoms with van der Waals surface area (Å²) in [5.74, 6) is 0.441. The topological polar surface area (TPSA) is 69.1 Å². The molecule has 0 fully saturated rings. The van der Waals surface area contributed by atoms with E-state index in [-0.39, 0.29) is 0 Å². The number of nitrogens with one attached hydrogen (secondary N) is 2. The predicted molar refractivity (Wildman–Crippen MR) is 43.0 cm³/mol. The van der Waals surface area contributed by atoms with Crippen LogP contribution in [0.25, 0.3) is 0 Å². The fourth-order valence-corrected chi connectivity index (χ4v) is 0.913. The Hall–Kier alpha value is -1.40. The number of aliphatic imine (C=N–C) groups is 1. The molecule has 0 saturated heterocycles. The van der Waals surface area contributed by atoms with Gasteiger partial charge in [-0.2, -0.15) is 0 Å². The number of hydrazone groups is 1. The van der Waals surface area contributed by atoms with Gasteiger partial charge in [0.05, 0.1) is 5.57 Å². The van der Waals surface area contributed by atoms with Crippen LogP contribution < -0.4 is 11.1 Å². The van der Waals surface area contributed by atoms with Crippen molar-refractivity contribution in [2.45, 2.75) is 0 Å². The van der Waals surface area contributed by atoms with Crippen LogP contribution in [0.2, 0.25) is 0 Å². The van der Waals surface area contributed by atoms with Gasteiger partial charge in [0.25, 0.3) is 11.2 Å². The van der Waals surface area contributed by atoms with Crippen LogP contribution in [0.1, 0.15) is 0 Å². The standard InChI is InChI=1S/C5H4ClN5O/c6-4(12)3-1-7-5-8-9-10-11(5)2-3/h1-2,9-10H. The van der Waals surface area contributed by atoms with Gasteiger partial charge in [-0.25, -0.2) is 15.5 Å². The molecule has 0 amide bonds. The average molecular weight is 186 g/mol. The van der Waals surface area contributed by atoms with Gasteiger partial charge in [0.15, 0.2) is 0 Å². The molecule has 0 saturated carbocycles. The molecule has 0 aliphatic carbocycles. The number of carbonyl (C=O) groups is 1. The van der Waals surface area contributed by atoms with Crippen molar-refractivity contribution in [2.24, 2.45) is 10.1 Å². The molecule has 0 bridgehead atoms. The molecular weight excluding hydrogens is 182 g/mol. The van der Waals surface area contributed by atoms with Crippen LogP contribution in [0.3, 0.4) is 0 Å². The molecule has 12 heavy (non-hydrogen) atoms. The maximum atomic E-state index is 10.7. The van der Waals surface area contributed by atoms with Gasteiger partial charge in [0, 0.05) is 12.4 Å². The van der Waals surface area contributed by atoms with Crippen molar-refractivity contribution in [3.63, 3.8) is 0 Å². The normalized spacial score (nSPS) is 19.6. The molecule has 0 aromatic heterocycles. The minimum atomic E-state index is -0.550. The van der Waals surface area contributed by atoms with E-state index in [1.54, 1.807) is 0 Å². The number of hydrazine groups is 2. The first-order valence-corrected chi connectivity index (χ1v) is 3.48. The van der Waals surface area contributed by atoms with Gasteiger partial charge < -0.3 is 0 Å². The number of rotatable bonds is 1. The first-order chi connectivity index (χ1) is 5.77. The second kappa shape index (κ2) is 2.58. The molecule has 0 unspecified atom stereocenters. The molecule has 6 nitrogen and oxygen atoms in total. The summed E-state index contributed by atoms with van der Waals surface area (Å²) < 4.78 is 0. The molecule has 62 valence electrons. The minimum absolute atomic E-state index is 0.312. The molecule has 2 rings (SSSR count). The summed E-state index contributed by atoms with van der Waals surface area (Å²) in [6.45, 7) is 0. The number of allylic oxidation sites excluding steroid dienone is 1. The zero-order chi connectivity index (χ0) is 8.55. The first-order valence-electron chi connectivity index (χ1n) is 3.10. The molecule has 0 spiro atoms. The number of guanidine groups is 1. The summed E-state index contributed by atoms with van der Waals surface area (Å²) in [5, 5.41) is 4.64. The molecule has 0 radical (unpaired) electrons. The molecule has 0 atom stereocenters. The molecule has 0 aromatic carbocycles. The molecule has 2 N–H and O–H groups in total. The van der Waals surface area contributed by atoms with Crippen LogP contribution in [0, 0.1) is 0 Å². The number of hydrogen-bond donors (Lipinski definition) is 2. The van der Waals surface area contributed by atoms with Gasteiger partial charge in [-0.3, -0.25) is 4.79 Å². The summed E-state index contributed by atoms with van der Waals surface area (Å²) in [5.41, 5.74) is 5.41. The van der Waals surface area contributed by atoms with Crippen LogP contribution in [0.15, 0.2) is 21.9 Å². The molecule has 2 heterocycles. The SMILES string of the molecule is O=C(Cl)C1=CN2NNN=C2N=C1. The summed E-state index contributed by atoms with van der Waals surface area (Å²) >= 11 is 5.23. The van der Waals surface area contributed by atoms with Crippen LogP contribution in [0.5, 0.6) is 0 Å². The van der Waals surface area contributed by atoms with E-state index in [1.165, 1.54) is 17.4 Å². The van der Waals surface area contributed by atoms with Crippen molar-refractivity contribution in [3.05, 3.63) is 11.8 Å². The number of nitrogens with zero attached hydrogens (tertiary/aromatic N) is 3. The van der Waals surface area contributed by atoms with Crippen molar-refractivity contribution >= 4 is 29.0 Å². The van der Waals surface area contributed by atoms with E-state index in [0.29, 0.717) is 11.5 Å². The second-order valence-electron chi connectivity index (χ2n) is 2.12. The Morgan fingerprint density at radius 2 is 2.50 bits per heavy atom. The Bertz CT molecular complexity index is 320. The highest BCUT2D eigenvalue weighted by atomic mass is 35.5. The van der Waals surface area contributed by atoms with Crippen LogP contribution in [-0.2, 0) is 4.79 Å². The van der Waals surface area contributed by atoms with Crippen LogP contribution in [0.4, 0.5) is 0 Å². The third kappa shape index (κ3) is 1.06. The van der Waals surface area contributed by atoms with Crippen LogP contribution in [-0.4, -0.2) is 22.4 Å². The molecular formula is C5H4ClN5O. The number of fused-ring (bicyclic) bond motifs is 1. The lowest BCUT2D eigenvalue weighted by Crippen LogP contribution is -2.38. The Labute approximate surface area is 72.5 Å². The fourth-order valence-electron chi connectivity index (χ4n) is 0.815. The van der Waals surface area contributed by atoms with Crippen molar-refractivity contribution in [1.82, 2.24) is 16.1 Å². The van der Waals surface area contributed by atoms with Crippen molar-refractivity contribution in [1.29, 1.82) is 0 Å². The number of carbonyl (C=O) groups excluding carboxylic acids is 1. The lowest BCUT2D eigenvalue weighted by atomic mass is 10.3. The molecule has 2 aliphatic rings. The van der Waals surface area contributed by atoms with Gasteiger partial charge in [-0.05, 0) is 11.6 Å². The fraction of sp³-hybridized carbons (Fsp3) is 0. The van der Waals surface area contributed by atoms with E-state index in [2.05, 4.69) is 21.2 Å². The van der Waals surface area contributed by atoms with Gasteiger partial charge in [-0.1, -0.05) is 0 Å². The minimum Gasteiger partial charge on any atom is -0.275 e. The smallest absolute Gasteiger partial charge is 0.264 e. The van der Waals surface area contributed by atoms with Crippen LogP contribution >= 0.6 is 11.6 Å². The van der Waals surface area contributed by atoms with E-state index in [9.17, 15) is 4.79 Å². The Balaban J connectivity index is 2.28. The summed E-state index contributed by atoms with van der Waals surface area (Å²) in [6, 6.07) is 0. The molecule has 7 heteroatoms. The second-order valence-corrected chi connectivity index (χ2v) is 2.47. The van der Waals surface area contributed by atoms with Crippen molar-refractivity contribution < 1.29 is 4.79 Å². The lowest BCUT2D eigenvalue weighted by Gasteiger charge is -2.14. The predicted octanol–water partition coefficient (Wildman–Crippen LogP) is -0.684. The zero-order valence-corrected chi connectivity index (χ0v) is 6.54. The van der Waals surface area contributed by atoms with Crippen molar-refractivity contribution in [2.75, 3.05) is 0 Å². The monoisotopic (exact) mass is 185 g/mol. The highest BCUT2D eigenvalue weighted by Crippen LogP contribution is 2.07. The van der Waals surface area contributed by atoms with Gasteiger partial charge in [-0.15, -0.1) is 10.6 Å². The Morgan fingerprint density at radius 3 is 3.25 bits per heavy atom. The van der Waals surface area contributed by atoms with E-state index in [0.717, 1.165) is 0 Å². The van der Waals surface area contributed by atoms with Gasteiger partial charge in [0.2, 0.25) is 0 Å². The highest BCUT2D eigenvalue weighted by molar-refractivity contribution is 6.70. The summed E-state index contributed by atoms with van der Waals surface area (Å²) in [6.07, 6.45) is 2.86. The molecule has 2 aliphatic heterocycles. The largest absolute Gasteiger partial charge is 0.275 e. The summed E-state index contributed by atoms with van der Waals surface area (Å²) in [4.78, 5) is 14.5. The van der Waals surface area contributed by atoms with E-state index < -0.39 is 5.24 Å². The van der Waals surface area contributed by atoms with Gasteiger partial charge >= 0.3 is 0 Å². The van der Waals surface area contributed by atoms with E-state index in [4.69, 9.17) is 11.6 Å². The first kappa shape index (κ1) is 7.26. The van der Waals surface area contributed by atoms with E-state index >= 15 is 0 Å². The maximum absolute atomic E-state index is 10.7. The average Bonchev–Trinajstić information content (AvgIpc) is 2.49. The number of halogens is 1. The molecule has 0 aromatic rings. The summed E-state index contributed by atoms with van der Waals surface area (Å²) in [7, 11) is 0. The van der Waals surface area contributed by atoms with Gasteiger partial charge in [0.1, 0.15) is 0 Å². The quantitative estimate of drug-likeness (QED) is 0.531. The zero-order valence-electron chi connectivity index (χ0n) is 5.78. The lowest BCUT2D eigenvalue weighted by molar-refractivity contribution is -0.108. The number of hydrogen-bond acceptors (Lipinski definition) is 6. The Kier molecular flexibility index (Phi) is 1.56. The van der Waals surface area contributed by atoms with Crippen molar-refractivity contribution in [3.8, 4) is 0 Å². The van der Waals surface area contributed by atoms with E-state index in [1.807, 2.05) is 0 Å². The Morgan fingerprint density at radius 1 is 1.67 bits per heavy atom. The third-order valence-electron chi connectivity index (χ3n) is 1.36. The maximum Gasteiger partial charge on any atom is 0.264 e. The third-order valence-corrected chi connectivity index (χ3v) is 1.57.